The molecule has 0 radical (unpaired) electrons. The van der Waals surface area contributed by atoms with Crippen molar-refractivity contribution in [3.63, 3.8) is 0 Å². The highest BCUT2D eigenvalue weighted by Gasteiger charge is 2.42. The largest absolute Gasteiger partial charge is 0.340 e. The highest BCUT2D eigenvalue weighted by molar-refractivity contribution is 7.90. The van der Waals surface area contributed by atoms with Gasteiger partial charge in [0, 0.05) is 25.2 Å². The molecule has 8 nitrogen and oxygen atoms in total. The zero-order valence-corrected chi connectivity index (χ0v) is 15.5. The Hall–Kier alpha value is -2.00. The lowest BCUT2D eigenvalue weighted by Crippen LogP contribution is -2.60. The van der Waals surface area contributed by atoms with Crippen LogP contribution in [0.1, 0.15) is 44.5 Å². The maximum Gasteiger partial charge on any atom is 0.225 e. The van der Waals surface area contributed by atoms with E-state index in [1.165, 1.54) is 0 Å². The number of carbonyl (C=O) groups excluding carboxylic acids is 1. The summed E-state index contributed by atoms with van der Waals surface area (Å²) in [4.78, 5) is 14.0. The Kier molecular flexibility index (Phi) is 4.44. The number of sulfonamides is 1. The molecule has 4 rings (SSSR count). The summed E-state index contributed by atoms with van der Waals surface area (Å²) in [6.07, 6.45) is 5.86. The number of nitrogens with one attached hydrogen (secondary N) is 1. The maximum absolute atomic E-state index is 12.6. The molecular formula is C17H23N5O3S. The van der Waals surface area contributed by atoms with Crippen LogP contribution in [0.4, 0.5) is 0 Å². The number of nitrogens with zero attached hydrogens (tertiary/aromatic N) is 4. The molecule has 2 aromatic heterocycles. The Morgan fingerprint density at radius 2 is 1.96 bits per heavy atom. The van der Waals surface area contributed by atoms with Gasteiger partial charge < -0.3 is 4.90 Å². The van der Waals surface area contributed by atoms with Gasteiger partial charge in [-0.15, -0.1) is 10.2 Å². The lowest BCUT2D eigenvalue weighted by atomic mass is 10.0. The summed E-state index contributed by atoms with van der Waals surface area (Å²) in [7, 11) is -3.53. The molecule has 1 aliphatic carbocycles. The third-order valence-electron chi connectivity index (χ3n) is 5.37. The molecule has 0 unspecified atom stereocenters. The first-order valence-corrected chi connectivity index (χ1v) is 10.6. The Balaban J connectivity index is 1.39. The van der Waals surface area contributed by atoms with Crippen molar-refractivity contribution in [1.82, 2.24) is 24.2 Å². The number of pyridine rings is 1. The van der Waals surface area contributed by atoms with Crippen LogP contribution in [0.25, 0.3) is 5.65 Å². The second-order valence-electron chi connectivity index (χ2n) is 7.22. The van der Waals surface area contributed by atoms with E-state index in [0.717, 1.165) is 25.7 Å². The first-order chi connectivity index (χ1) is 12.5. The fourth-order valence-corrected chi connectivity index (χ4v) is 5.34. The number of hydrogen-bond acceptors (Lipinski definition) is 5. The maximum atomic E-state index is 12.6. The number of likely N-dealkylation sites (tertiary alicyclic amines) is 1. The summed E-state index contributed by atoms with van der Waals surface area (Å²) in [5.41, 5.74) is 0.672. The van der Waals surface area contributed by atoms with Gasteiger partial charge in [-0.3, -0.25) is 9.20 Å². The number of hydrogen-bond donors (Lipinski definition) is 1. The summed E-state index contributed by atoms with van der Waals surface area (Å²) in [5.74, 6) is 0.751. The highest BCUT2D eigenvalue weighted by Crippen LogP contribution is 2.29. The molecule has 1 N–H and O–H groups in total. The lowest BCUT2D eigenvalue weighted by molar-refractivity contribution is -0.138. The standard InChI is InChI=1S/C17H23N5O3S/c1-12(16-19-18-15-8-4-5-9-22(15)16)20-26(24,25)14-10-21(11-14)17(23)13-6-2-3-7-13/h4-5,8-9,12-14,20H,2-3,6-7,10-11H2,1H3/t12-/m0/s1. The van der Waals surface area contributed by atoms with E-state index in [1.54, 1.807) is 22.4 Å². The van der Waals surface area contributed by atoms with E-state index in [1.807, 2.05) is 18.2 Å². The van der Waals surface area contributed by atoms with Gasteiger partial charge in [0.15, 0.2) is 11.5 Å². The van der Waals surface area contributed by atoms with E-state index >= 15 is 0 Å². The van der Waals surface area contributed by atoms with E-state index < -0.39 is 21.3 Å². The molecule has 3 heterocycles. The fourth-order valence-electron chi connectivity index (χ4n) is 3.80. The molecular weight excluding hydrogens is 354 g/mol. The minimum atomic E-state index is -3.53. The monoisotopic (exact) mass is 377 g/mol. The summed E-state index contributed by atoms with van der Waals surface area (Å²) in [5, 5.41) is 7.59. The molecule has 1 atom stereocenters. The zero-order chi connectivity index (χ0) is 18.3. The van der Waals surface area contributed by atoms with E-state index in [2.05, 4.69) is 14.9 Å². The van der Waals surface area contributed by atoms with E-state index in [-0.39, 0.29) is 24.9 Å². The van der Waals surface area contributed by atoms with Gasteiger partial charge in [-0.1, -0.05) is 18.9 Å². The molecule has 2 aliphatic rings. The number of carbonyl (C=O) groups is 1. The SMILES string of the molecule is C[C@H](NS(=O)(=O)C1CN(C(=O)C2CCCC2)C1)c1nnc2ccccn12. The lowest BCUT2D eigenvalue weighted by Gasteiger charge is -2.40. The third-order valence-corrected chi connectivity index (χ3v) is 7.23. The first kappa shape index (κ1) is 17.4. The minimum Gasteiger partial charge on any atom is -0.340 e. The predicted octanol–water partition coefficient (Wildman–Crippen LogP) is 1.11. The third kappa shape index (κ3) is 3.09. The highest BCUT2D eigenvalue weighted by atomic mass is 32.2. The molecule has 1 aliphatic heterocycles. The zero-order valence-electron chi connectivity index (χ0n) is 14.7. The van der Waals surface area contributed by atoms with Crippen molar-refractivity contribution < 1.29 is 13.2 Å². The second-order valence-corrected chi connectivity index (χ2v) is 9.21. The Morgan fingerprint density at radius 3 is 2.69 bits per heavy atom. The quantitative estimate of drug-likeness (QED) is 0.842. The Morgan fingerprint density at radius 1 is 1.23 bits per heavy atom. The molecule has 1 saturated carbocycles. The summed E-state index contributed by atoms with van der Waals surface area (Å²) < 4.78 is 29.7. The number of fused-ring (bicyclic) bond motifs is 1. The average molecular weight is 377 g/mol. The van der Waals surface area contributed by atoms with Crippen molar-refractivity contribution in [2.75, 3.05) is 13.1 Å². The van der Waals surface area contributed by atoms with Gasteiger partial charge in [-0.05, 0) is 31.9 Å². The van der Waals surface area contributed by atoms with Crippen LogP contribution in [0.3, 0.4) is 0 Å². The normalized spacial score (nSPS) is 20.4. The molecule has 1 saturated heterocycles. The molecule has 1 amide bonds. The van der Waals surface area contributed by atoms with Crippen molar-refractivity contribution in [2.45, 2.75) is 43.9 Å². The van der Waals surface area contributed by atoms with Gasteiger partial charge in [0.25, 0.3) is 0 Å². The van der Waals surface area contributed by atoms with Crippen LogP contribution in [-0.4, -0.2) is 52.2 Å². The van der Waals surface area contributed by atoms with Gasteiger partial charge >= 0.3 is 0 Å². The number of rotatable bonds is 5. The number of amides is 1. The fraction of sp³-hybridized carbons (Fsp3) is 0.588. The van der Waals surface area contributed by atoms with Crippen molar-refractivity contribution in [1.29, 1.82) is 0 Å². The van der Waals surface area contributed by atoms with E-state index in [4.69, 9.17) is 0 Å². The molecule has 0 aromatic carbocycles. The topological polar surface area (TPSA) is 96.7 Å². The van der Waals surface area contributed by atoms with Crippen molar-refractivity contribution in [3.8, 4) is 0 Å². The second kappa shape index (κ2) is 6.62. The van der Waals surface area contributed by atoms with Crippen LogP contribution >= 0.6 is 0 Å². The van der Waals surface area contributed by atoms with Gasteiger partial charge in [0.1, 0.15) is 5.25 Å². The molecule has 2 fully saturated rings. The molecule has 9 heteroatoms. The Labute approximate surface area is 152 Å². The molecule has 2 aromatic rings. The van der Waals surface area contributed by atoms with E-state index in [0.29, 0.717) is 11.5 Å². The van der Waals surface area contributed by atoms with Crippen LogP contribution in [0.2, 0.25) is 0 Å². The van der Waals surface area contributed by atoms with E-state index in [9.17, 15) is 13.2 Å². The van der Waals surface area contributed by atoms with Crippen LogP contribution in [-0.2, 0) is 14.8 Å². The van der Waals surface area contributed by atoms with Gasteiger partial charge in [-0.25, -0.2) is 13.1 Å². The van der Waals surface area contributed by atoms with Crippen LogP contribution in [0.15, 0.2) is 24.4 Å². The molecule has 26 heavy (non-hydrogen) atoms. The molecule has 140 valence electrons. The van der Waals surface area contributed by atoms with Crippen molar-refractivity contribution in [3.05, 3.63) is 30.2 Å². The average Bonchev–Trinajstić information content (AvgIpc) is 3.22. The van der Waals surface area contributed by atoms with Gasteiger partial charge in [0.05, 0.1) is 6.04 Å². The summed E-state index contributed by atoms with van der Waals surface area (Å²) in [6, 6.07) is 5.01. The smallest absolute Gasteiger partial charge is 0.225 e. The molecule has 0 spiro atoms. The predicted molar refractivity (Wildman–Crippen MR) is 95.8 cm³/mol. The number of aromatic nitrogens is 3. The summed E-state index contributed by atoms with van der Waals surface area (Å²) >= 11 is 0. The molecule has 0 bridgehead atoms. The van der Waals surface area contributed by atoms with Crippen molar-refractivity contribution in [2.24, 2.45) is 5.92 Å². The van der Waals surface area contributed by atoms with Crippen LogP contribution < -0.4 is 4.72 Å². The first-order valence-electron chi connectivity index (χ1n) is 9.05. The minimum absolute atomic E-state index is 0.0906. The van der Waals surface area contributed by atoms with Gasteiger partial charge in [-0.2, -0.15) is 0 Å². The van der Waals surface area contributed by atoms with Crippen LogP contribution in [0.5, 0.6) is 0 Å². The van der Waals surface area contributed by atoms with Gasteiger partial charge in [0.2, 0.25) is 15.9 Å². The Bertz CT molecular complexity index is 913. The summed E-state index contributed by atoms with van der Waals surface area (Å²) in [6.45, 7) is 2.30. The van der Waals surface area contributed by atoms with Crippen LogP contribution in [0, 0.1) is 5.92 Å². The van der Waals surface area contributed by atoms with Crippen molar-refractivity contribution >= 4 is 21.6 Å².